The highest BCUT2D eigenvalue weighted by Gasteiger charge is 2.15. The average Bonchev–Trinajstić information content (AvgIpc) is 2.39. The minimum Gasteiger partial charge on any atom is -0.497 e. The molecule has 18 heavy (non-hydrogen) atoms. The van der Waals surface area contributed by atoms with Gasteiger partial charge in [-0.1, -0.05) is 13.0 Å². The Morgan fingerprint density at radius 3 is 2.78 bits per heavy atom. The zero-order chi connectivity index (χ0) is 13.4. The summed E-state index contributed by atoms with van der Waals surface area (Å²) in [5.74, 6) is 1.40. The maximum atomic E-state index is 14.0. The van der Waals surface area contributed by atoms with Crippen molar-refractivity contribution in [2.24, 2.45) is 0 Å². The minimum absolute atomic E-state index is 0.0864. The van der Waals surface area contributed by atoms with Crippen LogP contribution in [0.25, 0.3) is 0 Å². The van der Waals surface area contributed by atoms with Crippen molar-refractivity contribution < 1.29 is 9.13 Å². The van der Waals surface area contributed by atoms with Crippen molar-refractivity contribution in [2.45, 2.75) is 25.8 Å². The topological polar surface area (TPSA) is 21.3 Å². The molecule has 0 heterocycles. The predicted octanol–water partition coefficient (Wildman–Crippen LogP) is 3.63. The Morgan fingerprint density at radius 1 is 1.44 bits per heavy atom. The average molecular weight is 271 g/mol. The van der Waals surface area contributed by atoms with E-state index in [0.29, 0.717) is 5.75 Å². The fourth-order valence-electron chi connectivity index (χ4n) is 1.84. The lowest BCUT2D eigenvalue weighted by Crippen LogP contribution is -2.23. The van der Waals surface area contributed by atoms with Gasteiger partial charge in [-0.3, -0.25) is 0 Å². The molecule has 0 amide bonds. The summed E-state index contributed by atoms with van der Waals surface area (Å²) in [7, 11) is 1.55. The van der Waals surface area contributed by atoms with Gasteiger partial charge in [-0.25, -0.2) is 4.39 Å². The van der Waals surface area contributed by atoms with Crippen molar-refractivity contribution in [3.63, 3.8) is 0 Å². The molecular weight excluding hydrogens is 249 g/mol. The Balaban J connectivity index is 2.82. The first-order valence-electron chi connectivity index (χ1n) is 6.28. The van der Waals surface area contributed by atoms with Crippen LogP contribution in [0.4, 0.5) is 4.39 Å². The van der Waals surface area contributed by atoms with Crippen LogP contribution in [-0.2, 0) is 0 Å². The number of hydrogen-bond acceptors (Lipinski definition) is 3. The van der Waals surface area contributed by atoms with Crippen LogP contribution < -0.4 is 10.1 Å². The number of rotatable bonds is 8. The number of halogens is 1. The fraction of sp³-hybridized carbons (Fsp3) is 0.571. The van der Waals surface area contributed by atoms with Crippen LogP contribution in [0.2, 0.25) is 0 Å². The molecule has 0 aliphatic rings. The van der Waals surface area contributed by atoms with Crippen LogP contribution in [0.1, 0.15) is 31.4 Å². The zero-order valence-electron chi connectivity index (χ0n) is 11.3. The second-order valence-electron chi connectivity index (χ2n) is 4.18. The van der Waals surface area contributed by atoms with Crippen LogP contribution >= 0.6 is 11.8 Å². The SMILES string of the molecule is CCCNC(CCSC)c1ccc(OC)cc1F. The van der Waals surface area contributed by atoms with Crippen LogP contribution in [-0.4, -0.2) is 25.7 Å². The highest BCUT2D eigenvalue weighted by atomic mass is 32.2. The molecule has 0 saturated carbocycles. The second-order valence-corrected chi connectivity index (χ2v) is 5.16. The quantitative estimate of drug-likeness (QED) is 0.780. The molecule has 1 aromatic rings. The molecular formula is C14H22FNOS. The van der Waals surface area contributed by atoms with Gasteiger partial charge in [0, 0.05) is 17.7 Å². The Labute approximate surface area is 113 Å². The first-order chi connectivity index (χ1) is 8.72. The zero-order valence-corrected chi connectivity index (χ0v) is 12.1. The standard InChI is InChI=1S/C14H22FNOS/c1-4-8-16-14(7-9-18-3)12-6-5-11(17-2)10-13(12)15/h5-6,10,14,16H,4,7-9H2,1-3H3. The highest BCUT2D eigenvalue weighted by Crippen LogP contribution is 2.25. The van der Waals surface area contributed by atoms with E-state index in [1.807, 2.05) is 12.1 Å². The summed E-state index contributed by atoms with van der Waals surface area (Å²) in [6, 6.07) is 5.18. The summed E-state index contributed by atoms with van der Waals surface area (Å²) in [4.78, 5) is 0. The summed E-state index contributed by atoms with van der Waals surface area (Å²) in [5, 5.41) is 3.40. The Bertz CT molecular complexity index is 352. The van der Waals surface area contributed by atoms with Gasteiger partial charge in [0.2, 0.25) is 0 Å². The van der Waals surface area contributed by atoms with Gasteiger partial charge < -0.3 is 10.1 Å². The molecule has 0 radical (unpaired) electrons. The molecule has 1 N–H and O–H groups in total. The van der Waals surface area contributed by atoms with Gasteiger partial charge in [0.1, 0.15) is 11.6 Å². The van der Waals surface area contributed by atoms with Crippen LogP contribution in [0, 0.1) is 5.82 Å². The lowest BCUT2D eigenvalue weighted by atomic mass is 10.0. The first kappa shape index (κ1) is 15.3. The van der Waals surface area contributed by atoms with E-state index >= 15 is 0 Å². The summed E-state index contributed by atoms with van der Waals surface area (Å²) in [6.07, 6.45) is 4.05. The van der Waals surface area contributed by atoms with Crippen molar-refractivity contribution in [1.82, 2.24) is 5.32 Å². The number of methoxy groups -OCH3 is 1. The minimum atomic E-state index is -0.191. The Hall–Kier alpha value is -0.740. The fourth-order valence-corrected chi connectivity index (χ4v) is 2.31. The van der Waals surface area contributed by atoms with Crippen molar-refractivity contribution in [3.05, 3.63) is 29.6 Å². The third kappa shape index (κ3) is 4.50. The number of hydrogen-bond donors (Lipinski definition) is 1. The third-order valence-electron chi connectivity index (χ3n) is 2.83. The van der Waals surface area contributed by atoms with Gasteiger partial charge >= 0.3 is 0 Å². The largest absolute Gasteiger partial charge is 0.497 e. The van der Waals surface area contributed by atoms with Crippen molar-refractivity contribution in [3.8, 4) is 5.75 Å². The van der Waals surface area contributed by atoms with E-state index in [2.05, 4.69) is 18.5 Å². The normalized spacial score (nSPS) is 12.4. The molecule has 1 rings (SSSR count). The molecule has 0 bridgehead atoms. The van der Waals surface area contributed by atoms with Crippen LogP contribution in [0.3, 0.4) is 0 Å². The molecule has 1 unspecified atom stereocenters. The van der Waals surface area contributed by atoms with Gasteiger partial charge in [-0.05, 0) is 37.5 Å². The number of ether oxygens (including phenoxy) is 1. The Morgan fingerprint density at radius 2 is 2.22 bits per heavy atom. The van der Waals surface area contributed by atoms with E-state index in [4.69, 9.17) is 4.74 Å². The third-order valence-corrected chi connectivity index (χ3v) is 3.48. The molecule has 0 aliphatic heterocycles. The van der Waals surface area contributed by atoms with Crippen molar-refractivity contribution in [2.75, 3.05) is 25.7 Å². The summed E-state index contributed by atoms with van der Waals surface area (Å²) in [5.41, 5.74) is 0.735. The van der Waals surface area contributed by atoms with E-state index in [-0.39, 0.29) is 11.9 Å². The highest BCUT2D eigenvalue weighted by molar-refractivity contribution is 7.98. The molecule has 0 fully saturated rings. The monoisotopic (exact) mass is 271 g/mol. The van der Waals surface area contributed by atoms with Crippen molar-refractivity contribution >= 4 is 11.8 Å². The molecule has 2 nitrogen and oxygen atoms in total. The summed E-state index contributed by atoms with van der Waals surface area (Å²) < 4.78 is 19.0. The molecule has 1 aromatic carbocycles. The number of nitrogens with one attached hydrogen (secondary N) is 1. The number of benzene rings is 1. The lowest BCUT2D eigenvalue weighted by Gasteiger charge is -2.19. The second kappa shape index (κ2) is 8.38. The first-order valence-corrected chi connectivity index (χ1v) is 7.68. The Kier molecular flexibility index (Phi) is 7.13. The maximum Gasteiger partial charge on any atom is 0.131 e. The summed E-state index contributed by atoms with van der Waals surface area (Å²) >= 11 is 1.78. The molecule has 0 saturated heterocycles. The van der Waals surface area contributed by atoms with Gasteiger partial charge in [-0.15, -0.1) is 0 Å². The maximum absolute atomic E-state index is 14.0. The van der Waals surface area contributed by atoms with Crippen molar-refractivity contribution in [1.29, 1.82) is 0 Å². The van der Waals surface area contributed by atoms with Crippen LogP contribution in [0.5, 0.6) is 5.75 Å². The molecule has 1 atom stereocenters. The van der Waals surface area contributed by atoms with Gasteiger partial charge in [-0.2, -0.15) is 11.8 Å². The van der Waals surface area contributed by atoms with E-state index in [1.54, 1.807) is 18.9 Å². The molecule has 0 aromatic heterocycles. The van der Waals surface area contributed by atoms with E-state index < -0.39 is 0 Å². The number of thioether (sulfide) groups is 1. The smallest absolute Gasteiger partial charge is 0.131 e. The van der Waals surface area contributed by atoms with E-state index in [1.165, 1.54) is 6.07 Å². The predicted molar refractivity (Wildman–Crippen MR) is 77.0 cm³/mol. The van der Waals surface area contributed by atoms with Crippen LogP contribution in [0.15, 0.2) is 18.2 Å². The van der Waals surface area contributed by atoms with Gasteiger partial charge in [0.15, 0.2) is 0 Å². The van der Waals surface area contributed by atoms with Gasteiger partial charge in [0.25, 0.3) is 0 Å². The van der Waals surface area contributed by atoms with Gasteiger partial charge in [0.05, 0.1) is 7.11 Å². The molecule has 4 heteroatoms. The molecule has 102 valence electrons. The van der Waals surface area contributed by atoms with E-state index in [9.17, 15) is 4.39 Å². The van der Waals surface area contributed by atoms with E-state index in [0.717, 1.165) is 30.7 Å². The lowest BCUT2D eigenvalue weighted by molar-refractivity contribution is 0.408. The summed E-state index contributed by atoms with van der Waals surface area (Å²) in [6.45, 7) is 3.02. The molecule has 0 aliphatic carbocycles. The molecule has 0 spiro atoms.